The minimum absolute atomic E-state index is 0.0257. The molecule has 0 bridgehead atoms. The molecule has 0 saturated heterocycles. The Morgan fingerprint density at radius 2 is 2.05 bits per heavy atom. The van der Waals surface area contributed by atoms with Crippen LogP contribution in [0.3, 0.4) is 0 Å². The van der Waals surface area contributed by atoms with E-state index in [4.69, 9.17) is 11.6 Å². The number of halogens is 1. The summed E-state index contributed by atoms with van der Waals surface area (Å²) in [5.74, 6) is 0.168. The molecule has 0 fully saturated rings. The molecule has 6 nitrogen and oxygen atoms in total. The van der Waals surface area contributed by atoms with Crippen LogP contribution >= 0.6 is 11.6 Å². The average molecular weight is 293 g/mol. The minimum atomic E-state index is -0.522. The van der Waals surface area contributed by atoms with E-state index in [-0.39, 0.29) is 16.8 Å². The van der Waals surface area contributed by atoms with Crippen molar-refractivity contribution in [3.63, 3.8) is 0 Å². The molecule has 0 aliphatic carbocycles. The van der Waals surface area contributed by atoms with E-state index < -0.39 is 4.92 Å². The lowest BCUT2D eigenvalue weighted by Crippen LogP contribution is -2.15. The number of nitro groups is 1. The van der Waals surface area contributed by atoms with Crippen molar-refractivity contribution in [2.45, 2.75) is 13.8 Å². The molecule has 0 spiro atoms. The Labute approximate surface area is 121 Å². The molecular weight excluding hydrogens is 280 g/mol. The minimum Gasteiger partial charge on any atom is -0.323 e. The number of hydrogen-bond acceptors (Lipinski definition) is 5. The Hall–Kier alpha value is -2.21. The van der Waals surface area contributed by atoms with Gasteiger partial charge in [0, 0.05) is 12.7 Å². The standard InChI is InChI=1S/C13H13ClN4O2/c1-8-4-5-10(9(2)6-8)17(3)12-11(18(19)20)7-15-13(14)16-12/h4-7H,1-3H3. The number of hydrogen-bond donors (Lipinski definition) is 0. The number of nitrogens with zero attached hydrogens (tertiary/aromatic N) is 4. The summed E-state index contributed by atoms with van der Waals surface area (Å²) in [5, 5.41) is 11.0. The fraction of sp³-hybridized carbons (Fsp3) is 0.231. The number of benzene rings is 1. The summed E-state index contributed by atoms with van der Waals surface area (Å²) in [7, 11) is 1.71. The quantitative estimate of drug-likeness (QED) is 0.492. The van der Waals surface area contributed by atoms with Gasteiger partial charge in [-0.1, -0.05) is 17.7 Å². The maximum atomic E-state index is 11.1. The molecule has 0 atom stereocenters. The lowest BCUT2D eigenvalue weighted by Gasteiger charge is -2.20. The van der Waals surface area contributed by atoms with Gasteiger partial charge in [0.1, 0.15) is 6.20 Å². The third-order valence-corrected chi connectivity index (χ3v) is 3.13. The molecule has 7 heteroatoms. The number of rotatable bonds is 3. The number of anilines is 2. The topological polar surface area (TPSA) is 72.2 Å². The Kier molecular flexibility index (Phi) is 3.85. The van der Waals surface area contributed by atoms with E-state index in [1.54, 1.807) is 11.9 Å². The van der Waals surface area contributed by atoms with Crippen LogP contribution < -0.4 is 4.90 Å². The van der Waals surface area contributed by atoms with Crippen molar-refractivity contribution in [1.82, 2.24) is 9.97 Å². The van der Waals surface area contributed by atoms with Gasteiger partial charge >= 0.3 is 5.69 Å². The molecule has 1 aromatic heterocycles. The van der Waals surface area contributed by atoms with Crippen LogP contribution in [0.5, 0.6) is 0 Å². The zero-order valence-corrected chi connectivity index (χ0v) is 12.0. The lowest BCUT2D eigenvalue weighted by atomic mass is 10.1. The van der Waals surface area contributed by atoms with Gasteiger partial charge < -0.3 is 4.90 Å². The van der Waals surface area contributed by atoms with Crippen molar-refractivity contribution in [2.24, 2.45) is 0 Å². The summed E-state index contributed by atoms with van der Waals surface area (Å²) < 4.78 is 0. The highest BCUT2D eigenvalue weighted by Gasteiger charge is 2.22. The lowest BCUT2D eigenvalue weighted by molar-refractivity contribution is -0.384. The van der Waals surface area contributed by atoms with E-state index in [2.05, 4.69) is 9.97 Å². The molecule has 0 N–H and O–H groups in total. The Balaban J connectivity index is 2.55. The SMILES string of the molecule is Cc1ccc(N(C)c2nc(Cl)ncc2[N+](=O)[O-])c(C)c1. The smallest absolute Gasteiger partial charge is 0.323 e. The molecule has 1 heterocycles. The average Bonchev–Trinajstić information content (AvgIpc) is 2.37. The van der Waals surface area contributed by atoms with Crippen molar-refractivity contribution in [2.75, 3.05) is 11.9 Å². The highest BCUT2D eigenvalue weighted by Crippen LogP contribution is 2.32. The first-order valence-electron chi connectivity index (χ1n) is 5.88. The summed E-state index contributed by atoms with van der Waals surface area (Å²) in [6.07, 6.45) is 1.12. The molecule has 0 saturated carbocycles. The van der Waals surface area contributed by atoms with Crippen LogP contribution in [0.1, 0.15) is 11.1 Å². The number of aryl methyl sites for hydroxylation is 2. The monoisotopic (exact) mass is 292 g/mol. The van der Waals surface area contributed by atoms with Crippen LogP contribution in [0.15, 0.2) is 24.4 Å². The highest BCUT2D eigenvalue weighted by molar-refractivity contribution is 6.28. The summed E-state index contributed by atoms with van der Waals surface area (Å²) in [6.45, 7) is 3.92. The van der Waals surface area contributed by atoms with Gasteiger partial charge in [0.2, 0.25) is 11.1 Å². The molecule has 0 aliphatic rings. The molecular formula is C13H13ClN4O2. The van der Waals surface area contributed by atoms with Crippen LogP contribution in [0.4, 0.5) is 17.2 Å². The Bertz CT molecular complexity index is 675. The highest BCUT2D eigenvalue weighted by atomic mass is 35.5. The molecule has 20 heavy (non-hydrogen) atoms. The van der Waals surface area contributed by atoms with Crippen LogP contribution in [0, 0.1) is 24.0 Å². The van der Waals surface area contributed by atoms with Crippen molar-refractivity contribution in [3.05, 3.63) is 50.9 Å². The zero-order valence-electron chi connectivity index (χ0n) is 11.3. The summed E-state index contributed by atoms with van der Waals surface area (Å²) >= 11 is 5.75. The fourth-order valence-corrected chi connectivity index (χ4v) is 2.15. The van der Waals surface area contributed by atoms with Gasteiger partial charge in [-0.3, -0.25) is 10.1 Å². The van der Waals surface area contributed by atoms with E-state index in [0.29, 0.717) is 0 Å². The molecule has 2 rings (SSSR count). The molecule has 1 aromatic carbocycles. The summed E-state index contributed by atoms with van der Waals surface area (Å²) in [4.78, 5) is 19.8. The van der Waals surface area contributed by atoms with Crippen molar-refractivity contribution in [1.29, 1.82) is 0 Å². The second kappa shape index (κ2) is 5.42. The first-order valence-corrected chi connectivity index (χ1v) is 6.26. The van der Waals surface area contributed by atoms with E-state index >= 15 is 0 Å². The van der Waals surface area contributed by atoms with E-state index in [1.165, 1.54) is 0 Å². The molecule has 0 amide bonds. The van der Waals surface area contributed by atoms with Crippen molar-refractivity contribution in [3.8, 4) is 0 Å². The number of aromatic nitrogens is 2. The third-order valence-electron chi connectivity index (χ3n) is 2.95. The third kappa shape index (κ3) is 2.70. The van der Waals surface area contributed by atoms with Gasteiger partial charge in [-0.2, -0.15) is 4.98 Å². The molecule has 0 radical (unpaired) electrons. The van der Waals surface area contributed by atoms with Crippen LogP contribution in [0.2, 0.25) is 5.28 Å². The van der Waals surface area contributed by atoms with Gasteiger partial charge in [-0.05, 0) is 37.1 Å². The predicted molar refractivity (Wildman–Crippen MR) is 77.7 cm³/mol. The van der Waals surface area contributed by atoms with Gasteiger partial charge in [-0.15, -0.1) is 0 Å². The Morgan fingerprint density at radius 3 is 2.65 bits per heavy atom. The first kappa shape index (κ1) is 14.2. The van der Waals surface area contributed by atoms with E-state index in [0.717, 1.165) is 23.0 Å². The second-order valence-corrected chi connectivity index (χ2v) is 4.79. The molecule has 0 unspecified atom stereocenters. The maximum Gasteiger partial charge on any atom is 0.330 e. The van der Waals surface area contributed by atoms with Crippen LogP contribution in [-0.2, 0) is 0 Å². The molecule has 104 valence electrons. The van der Waals surface area contributed by atoms with Crippen molar-refractivity contribution >= 4 is 28.8 Å². The van der Waals surface area contributed by atoms with Gasteiger partial charge in [-0.25, -0.2) is 4.98 Å². The normalized spacial score (nSPS) is 10.4. The van der Waals surface area contributed by atoms with Crippen molar-refractivity contribution < 1.29 is 4.92 Å². The van der Waals surface area contributed by atoms with Crippen LogP contribution in [-0.4, -0.2) is 21.9 Å². The molecule has 0 aliphatic heterocycles. The predicted octanol–water partition coefficient (Wildman–Crippen LogP) is 3.42. The van der Waals surface area contributed by atoms with Gasteiger partial charge in [0.05, 0.1) is 4.92 Å². The van der Waals surface area contributed by atoms with E-state index in [9.17, 15) is 10.1 Å². The maximum absolute atomic E-state index is 11.1. The second-order valence-electron chi connectivity index (χ2n) is 4.45. The fourth-order valence-electron chi connectivity index (χ4n) is 2.02. The Morgan fingerprint density at radius 1 is 1.35 bits per heavy atom. The zero-order chi connectivity index (χ0) is 14.9. The first-order chi connectivity index (χ1) is 9.40. The van der Waals surface area contributed by atoms with Gasteiger partial charge in [0.15, 0.2) is 0 Å². The van der Waals surface area contributed by atoms with Crippen LogP contribution in [0.25, 0.3) is 0 Å². The summed E-state index contributed by atoms with van der Waals surface area (Å²) in [5.41, 5.74) is 2.76. The molecule has 2 aromatic rings. The largest absolute Gasteiger partial charge is 0.330 e. The van der Waals surface area contributed by atoms with E-state index in [1.807, 2.05) is 32.0 Å². The van der Waals surface area contributed by atoms with Gasteiger partial charge in [0.25, 0.3) is 0 Å². The summed E-state index contributed by atoms with van der Waals surface area (Å²) in [6, 6.07) is 5.83.